The lowest BCUT2D eigenvalue weighted by atomic mass is 10.2. The van der Waals surface area contributed by atoms with Gasteiger partial charge in [-0.05, 0) is 24.5 Å². The first-order valence-electron chi connectivity index (χ1n) is 5.32. The number of nitrogens with one attached hydrogen (secondary N) is 1. The van der Waals surface area contributed by atoms with E-state index in [1.165, 1.54) is 13.2 Å². The Balaban J connectivity index is 2.75. The van der Waals surface area contributed by atoms with E-state index in [-0.39, 0.29) is 5.56 Å². The van der Waals surface area contributed by atoms with Crippen molar-refractivity contribution >= 4 is 58.2 Å². The number of hydrogen-bond donors (Lipinski definition) is 1. The van der Waals surface area contributed by atoms with Crippen molar-refractivity contribution in [1.82, 2.24) is 5.32 Å². The number of methoxy groups -OCH3 is 1. The maximum atomic E-state index is 12.0. The van der Waals surface area contributed by atoms with Gasteiger partial charge in [0.25, 0.3) is 5.91 Å². The molecule has 0 aliphatic rings. The minimum Gasteiger partial charge on any atom is -0.467 e. The largest absolute Gasteiger partial charge is 0.467 e. The molecule has 106 valence electrons. The molecule has 1 heterocycles. The topological polar surface area (TPSA) is 55.4 Å². The van der Waals surface area contributed by atoms with Crippen molar-refractivity contribution in [2.75, 3.05) is 19.1 Å². The summed E-state index contributed by atoms with van der Waals surface area (Å²) in [6.07, 6.45) is 2.42. The zero-order chi connectivity index (χ0) is 14.4. The molecule has 0 spiro atoms. The summed E-state index contributed by atoms with van der Waals surface area (Å²) in [5, 5.41) is 2.61. The van der Waals surface area contributed by atoms with E-state index in [4.69, 9.17) is 23.2 Å². The molecule has 0 saturated carbocycles. The van der Waals surface area contributed by atoms with Gasteiger partial charge < -0.3 is 10.1 Å². The molecule has 0 aliphatic heterocycles. The molecule has 1 aromatic rings. The number of thiophene rings is 1. The van der Waals surface area contributed by atoms with Gasteiger partial charge in [-0.3, -0.25) is 4.79 Å². The minimum atomic E-state index is -0.681. The van der Waals surface area contributed by atoms with Gasteiger partial charge in [0.05, 0.1) is 17.0 Å². The van der Waals surface area contributed by atoms with Crippen molar-refractivity contribution in [3.63, 3.8) is 0 Å². The van der Waals surface area contributed by atoms with Crippen molar-refractivity contribution in [1.29, 1.82) is 0 Å². The van der Waals surface area contributed by atoms with Crippen LogP contribution in [0.4, 0.5) is 0 Å². The third-order valence-corrected chi connectivity index (χ3v) is 4.43. The van der Waals surface area contributed by atoms with Crippen molar-refractivity contribution in [2.45, 2.75) is 12.5 Å². The zero-order valence-electron chi connectivity index (χ0n) is 10.4. The van der Waals surface area contributed by atoms with Gasteiger partial charge in [-0.15, -0.1) is 11.3 Å². The Bertz CT molecular complexity index is 465. The lowest BCUT2D eigenvalue weighted by molar-refractivity contribution is -0.142. The number of esters is 1. The molecule has 0 saturated heterocycles. The number of hydrogen-bond acceptors (Lipinski definition) is 5. The van der Waals surface area contributed by atoms with Crippen LogP contribution < -0.4 is 5.32 Å². The van der Waals surface area contributed by atoms with Gasteiger partial charge in [-0.1, -0.05) is 23.2 Å². The molecular weight excluding hydrogens is 329 g/mol. The number of amides is 1. The van der Waals surface area contributed by atoms with Gasteiger partial charge in [0.2, 0.25) is 0 Å². The molecule has 1 amide bonds. The van der Waals surface area contributed by atoms with E-state index in [2.05, 4.69) is 10.1 Å². The van der Waals surface area contributed by atoms with Crippen LogP contribution in [0.15, 0.2) is 6.07 Å². The highest BCUT2D eigenvalue weighted by Gasteiger charge is 2.23. The Kier molecular flexibility index (Phi) is 6.99. The van der Waals surface area contributed by atoms with Gasteiger partial charge >= 0.3 is 5.97 Å². The van der Waals surface area contributed by atoms with Crippen molar-refractivity contribution in [3.05, 3.63) is 20.3 Å². The molecule has 1 atom stereocenters. The Labute approximate surface area is 129 Å². The highest BCUT2D eigenvalue weighted by Crippen LogP contribution is 2.31. The molecule has 19 heavy (non-hydrogen) atoms. The van der Waals surface area contributed by atoms with Crippen LogP contribution in [0.2, 0.25) is 8.67 Å². The smallest absolute Gasteiger partial charge is 0.328 e. The Morgan fingerprint density at radius 3 is 2.68 bits per heavy atom. The quantitative estimate of drug-likeness (QED) is 0.808. The molecule has 0 aliphatic carbocycles. The average Bonchev–Trinajstić information content (AvgIpc) is 2.72. The molecule has 8 heteroatoms. The maximum absolute atomic E-state index is 12.0. The highest BCUT2D eigenvalue weighted by atomic mass is 35.5. The summed E-state index contributed by atoms with van der Waals surface area (Å²) in [5.41, 5.74) is 0.273. The van der Waals surface area contributed by atoms with Gasteiger partial charge in [-0.25, -0.2) is 4.79 Å². The normalized spacial score (nSPS) is 12.0. The molecule has 0 radical (unpaired) electrons. The summed E-state index contributed by atoms with van der Waals surface area (Å²) in [7, 11) is 1.29. The lowest BCUT2D eigenvalue weighted by Crippen LogP contribution is -2.41. The van der Waals surface area contributed by atoms with Crippen LogP contribution in [0.3, 0.4) is 0 Å². The number of thioether (sulfide) groups is 1. The van der Waals surface area contributed by atoms with Crippen molar-refractivity contribution in [3.8, 4) is 0 Å². The molecular formula is C11H13Cl2NO3S2. The lowest BCUT2D eigenvalue weighted by Gasteiger charge is -2.15. The Morgan fingerprint density at radius 2 is 2.21 bits per heavy atom. The van der Waals surface area contributed by atoms with Crippen LogP contribution in [-0.4, -0.2) is 37.0 Å². The van der Waals surface area contributed by atoms with E-state index < -0.39 is 17.9 Å². The zero-order valence-corrected chi connectivity index (χ0v) is 13.5. The number of ether oxygens (including phenoxy) is 1. The molecule has 1 N–H and O–H groups in total. The van der Waals surface area contributed by atoms with E-state index in [1.54, 1.807) is 11.8 Å². The predicted octanol–water partition coefficient (Wildman–Crippen LogP) is 3.08. The third kappa shape index (κ3) is 4.87. The predicted molar refractivity (Wildman–Crippen MR) is 80.6 cm³/mol. The standard InChI is InChI=1S/C11H13Cl2NO3S2/c1-17-11(16)7(3-4-18-2)14-10(15)6-5-8(12)19-9(6)13/h5,7H,3-4H2,1-2H3,(H,14,15). The summed E-state index contributed by atoms with van der Waals surface area (Å²) < 4.78 is 5.39. The Morgan fingerprint density at radius 1 is 1.53 bits per heavy atom. The van der Waals surface area contributed by atoms with Crippen LogP contribution in [0.1, 0.15) is 16.8 Å². The summed E-state index contributed by atoms with van der Waals surface area (Å²) in [5.74, 6) is -0.164. The van der Waals surface area contributed by atoms with E-state index >= 15 is 0 Å². The number of halogens is 2. The monoisotopic (exact) mass is 341 g/mol. The molecule has 1 unspecified atom stereocenters. The highest BCUT2D eigenvalue weighted by molar-refractivity contribution is 7.98. The van der Waals surface area contributed by atoms with Gasteiger partial charge in [0.15, 0.2) is 0 Å². The third-order valence-electron chi connectivity index (χ3n) is 2.30. The first-order chi connectivity index (χ1) is 8.99. The fraction of sp³-hybridized carbons (Fsp3) is 0.455. The molecule has 0 aromatic carbocycles. The maximum Gasteiger partial charge on any atom is 0.328 e. The second-order valence-corrected chi connectivity index (χ2v) is 6.84. The van der Waals surface area contributed by atoms with Gasteiger partial charge in [0, 0.05) is 0 Å². The van der Waals surface area contributed by atoms with Crippen molar-refractivity contribution < 1.29 is 14.3 Å². The summed E-state index contributed by atoms with van der Waals surface area (Å²) in [6.45, 7) is 0. The fourth-order valence-electron chi connectivity index (χ4n) is 1.36. The second kappa shape index (κ2) is 7.99. The second-order valence-electron chi connectivity index (χ2n) is 3.57. The number of carbonyl (C=O) groups is 2. The molecule has 1 aromatic heterocycles. The van der Waals surface area contributed by atoms with Crippen molar-refractivity contribution in [2.24, 2.45) is 0 Å². The fourth-order valence-corrected chi connectivity index (χ4v) is 3.29. The van der Waals surface area contributed by atoms with Gasteiger partial charge in [-0.2, -0.15) is 11.8 Å². The van der Waals surface area contributed by atoms with Gasteiger partial charge in [0.1, 0.15) is 10.4 Å². The van der Waals surface area contributed by atoms with Crippen LogP contribution in [0, 0.1) is 0 Å². The summed E-state index contributed by atoms with van der Waals surface area (Å²) >= 11 is 14.4. The van der Waals surface area contributed by atoms with Crippen LogP contribution in [0.5, 0.6) is 0 Å². The van der Waals surface area contributed by atoms with E-state index in [0.29, 0.717) is 15.1 Å². The number of rotatable bonds is 6. The van der Waals surface area contributed by atoms with Crippen LogP contribution >= 0.6 is 46.3 Å². The molecule has 0 bridgehead atoms. The Hall–Kier alpha value is -0.430. The summed E-state index contributed by atoms with van der Waals surface area (Å²) in [6, 6.07) is 0.798. The molecule has 0 fully saturated rings. The van der Waals surface area contributed by atoms with Crippen LogP contribution in [0.25, 0.3) is 0 Å². The minimum absolute atomic E-state index is 0.273. The number of carbonyl (C=O) groups excluding carboxylic acids is 2. The first kappa shape index (κ1) is 16.6. The average molecular weight is 342 g/mol. The first-order valence-corrected chi connectivity index (χ1v) is 8.28. The molecule has 4 nitrogen and oxygen atoms in total. The summed E-state index contributed by atoms with van der Waals surface area (Å²) in [4.78, 5) is 23.6. The molecule has 1 rings (SSSR count). The SMILES string of the molecule is COC(=O)C(CCSC)NC(=O)c1cc(Cl)sc1Cl. The van der Waals surface area contributed by atoms with E-state index in [9.17, 15) is 9.59 Å². The van der Waals surface area contributed by atoms with Crippen LogP contribution in [-0.2, 0) is 9.53 Å². The van der Waals surface area contributed by atoms with E-state index in [1.807, 2.05) is 6.26 Å². The van der Waals surface area contributed by atoms with E-state index in [0.717, 1.165) is 17.1 Å².